The fraction of sp³-hybridized carbons (Fsp3) is 0.467. The van der Waals surface area contributed by atoms with E-state index in [2.05, 4.69) is 24.5 Å². The van der Waals surface area contributed by atoms with E-state index in [1.807, 2.05) is 24.3 Å². The van der Waals surface area contributed by atoms with E-state index < -0.39 is 11.8 Å². The molecule has 0 saturated carbocycles. The molecule has 0 aliphatic rings. The number of hydrogen-bond donors (Lipinski definition) is 3. The lowest BCUT2D eigenvalue weighted by Crippen LogP contribution is -2.40. The molecule has 0 bridgehead atoms. The average Bonchev–Trinajstić information content (AvgIpc) is 2.44. The van der Waals surface area contributed by atoms with Crippen LogP contribution in [0.2, 0.25) is 0 Å². The third-order valence-electron chi connectivity index (χ3n) is 2.89. The summed E-state index contributed by atoms with van der Waals surface area (Å²) in [6.45, 7) is 5.43. The topological polar surface area (TPSA) is 84.2 Å². The van der Waals surface area contributed by atoms with Gasteiger partial charge in [-0.15, -0.1) is 0 Å². The number of benzene rings is 1. The van der Waals surface area contributed by atoms with Gasteiger partial charge in [0, 0.05) is 19.6 Å². The zero-order chi connectivity index (χ0) is 15.0. The molecule has 0 fully saturated rings. The maximum absolute atomic E-state index is 11.6. The average molecular weight is 277 g/mol. The first-order valence-electron chi connectivity index (χ1n) is 6.87. The third kappa shape index (κ3) is 5.84. The van der Waals surface area contributed by atoms with Gasteiger partial charge in [-0.05, 0) is 23.5 Å². The quantitative estimate of drug-likeness (QED) is 0.676. The van der Waals surface area contributed by atoms with E-state index in [1.165, 1.54) is 0 Å². The van der Waals surface area contributed by atoms with Crippen LogP contribution in [0.4, 0.5) is 0 Å². The predicted molar refractivity (Wildman–Crippen MR) is 78.6 cm³/mol. The Morgan fingerprint density at radius 3 is 2.45 bits per heavy atom. The molecule has 4 N–H and O–H groups in total. The van der Waals surface area contributed by atoms with E-state index in [0.29, 0.717) is 25.6 Å². The van der Waals surface area contributed by atoms with E-state index in [-0.39, 0.29) is 0 Å². The van der Waals surface area contributed by atoms with Gasteiger partial charge in [-0.2, -0.15) is 0 Å². The normalized spacial score (nSPS) is 10.4. The molecule has 0 aliphatic heterocycles. The standard InChI is InChI=1S/C15H23N3O2/c1-11(2)6-7-17-14(19)15(20)18-10-13-5-3-4-12(8-13)9-16/h3-5,8,11H,6-7,9-10,16H2,1-2H3,(H,17,19)(H,18,20). The molecular formula is C15H23N3O2. The van der Waals surface area contributed by atoms with E-state index in [1.54, 1.807) is 0 Å². The highest BCUT2D eigenvalue weighted by Gasteiger charge is 2.12. The van der Waals surface area contributed by atoms with Gasteiger partial charge in [-0.3, -0.25) is 9.59 Å². The molecule has 5 heteroatoms. The summed E-state index contributed by atoms with van der Waals surface area (Å²) >= 11 is 0. The van der Waals surface area contributed by atoms with Crippen molar-refractivity contribution in [3.63, 3.8) is 0 Å². The van der Waals surface area contributed by atoms with E-state index in [4.69, 9.17) is 5.73 Å². The van der Waals surface area contributed by atoms with Crippen LogP contribution in [-0.4, -0.2) is 18.4 Å². The minimum absolute atomic E-state index is 0.324. The van der Waals surface area contributed by atoms with Crippen molar-refractivity contribution < 1.29 is 9.59 Å². The number of amides is 2. The molecule has 2 amide bonds. The van der Waals surface area contributed by atoms with Gasteiger partial charge < -0.3 is 16.4 Å². The van der Waals surface area contributed by atoms with Crippen LogP contribution >= 0.6 is 0 Å². The van der Waals surface area contributed by atoms with Crippen molar-refractivity contribution in [1.29, 1.82) is 0 Å². The lowest BCUT2D eigenvalue weighted by atomic mass is 10.1. The van der Waals surface area contributed by atoms with Crippen LogP contribution < -0.4 is 16.4 Å². The second kappa shape index (κ2) is 8.32. The Morgan fingerprint density at radius 2 is 1.80 bits per heavy atom. The fourth-order valence-corrected chi connectivity index (χ4v) is 1.68. The van der Waals surface area contributed by atoms with E-state index in [9.17, 15) is 9.59 Å². The number of rotatable bonds is 6. The van der Waals surface area contributed by atoms with Crippen LogP contribution in [0.1, 0.15) is 31.4 Å². The number of nitrogens with two attached hydrogens (primary N) is 1. The maximum atomic E-state index is 11.6. The van der Waals surface area contributed by atoms with Gasteiger partial charge in [0.15, 0.2) is 0 Å². The van der Waals surface area contributed by atoms with Crippen LogP contribution in [0.25, 0.3) is 0 Å². The minimum atomic E-state index is -0.605. The van der Waals surface area contributed by atoms with Crippen LogP contribution in [0.15, 0.2) is 24.3 Å². The van der Waals surface area contributed by atoms with Gasteiger partial charge in [0.1, 0.15) is 0 Å². The summed E-state index contributed by atoms with van der Waals surface area (Å²) in [6, 6.07) is 7.60. The second-order valence-corrected chi connectivity index (χ2v) is 5.15. The lowest BCUT2D eigenvalue weighted by molar-refractivity contribution is -0.139. The number of hydrogen-bond acceptors (Lipinski definition) is 3. The number of carbonyl (C=O) groups is 2. The van der Waals surface area contributed by atoms with Crippen molar-refractivity contribution in [3.8, 4) is 0 Å². The molecule has 0 unspecified atom stereocenters. The minimum Gasteiger partial charge on any atom is -0.348 e. The van der Waals surface area contributed by atoms with Crippen molar-refractivity contribution in [2.75, 3.05) is 6.54 Å². The zero-order valence-corrected chi connectivity index (χ0v) is 12.1. The van der Waals surface area contributed by atoms with Gasteiger partial charge in [-0.1, -0.05) is 38.1 Å². The SMILES string of the molecule is CC(C)CCNC(=O)C(=O)NCc1cccc(CN)c1. The summed E-state index contributed by atoms with van der Waals surface area (Å²) < 4.78 is 0. The first-order valence-corrected chi connectivity index (χ1v) is 6.87. The largest absolute Gasteiger partial charge is 0.348 e. The van der Waals surface area contributed by atoms with Crippen molar-refractivity contribution in [2.24, 2.45) is 11.7 Å². The summed E-state index contributed by atoms with van der Waals surface area (Å²) in [5, 5.41) is 5.20. The first kappa shape index (κ1) is 16.2. The van der Waals surface area contributed by atoms with Gasteiger partial charge in [-0.25, -0.2) is 0 Å². The molecule has 0 aromatic heterocycles. The second-order valence-electron chi connectivity index (χ2n) is 5.15. The third-order valence-corrected chi connectivity index (χ3v) is 2.89. The molecular weight excluding hydrogens is 254 g/mol. The molecule has 5 nitrogen and oxygen atoms in total. The Hall–Kier alpha value is -1.88. The zero-order valence-electron chi connectivity index (χ0n) is 12.1. The molecule has 1 aromatic carbocycles. The molecule has 0 radical (unpaired) electrons. The molecule has 20 heavy (non-hydrogen) atoms. The summed E-state index contributed by atoms with van der Waals surface area (Å²) in [5.74, 6) is -0.690. The Balaban J connectivity index is 2.36. The first-order chi connectivity index (χ1) is 9.52. The maximum Gasteiger partial charge on any atom is 0.309 e. The highest BCUT2D eigenvalue weighted by atomic mass is 16.2. The summed E-state index contributed by atoms with van der Waals surface area (Å²) in [4.78, 5) is 23.1. The molecule has 1 aromatic rings. The van der Waals surface area contributed by atoms with Crippen molar-refractivity contribution in [2.45, 2.75) is 33.4 Å². The van der Waals surface area contributed by atoms with Crippen molar-refractivity contribution in [1.82, 2.24) is 10.6 Å². The predicted octanol–water partition coefficient (Wildman–Crippen LogP) is 0.924. The molecule has 0 heterocycles. The van der Waals surface area contributed by atoms with Gasteiger partial charge >= 0.3 is 11.8 Å². The van der Waals surface area contributed by atoms with Crippen molar-refractivity contribution in [3.05, 3.63) is 35.4 Å². The fourth-order valence-electron chi connectivity index (χ4n) is 1.68. The Morgan fingerprint density at radius 1 is 1.15 bits per heavy atom. The van der Waals surface area contributed by atoms with E-state index in [0.717, 1.165) is 17.5 Å². The van der Waals surface area contributed by atoms with Crippen LogP contribution in [-0.2, 0) is 22.7 Å². The van der Waals surface area contributed by atoms with Gasteiger partial charge in [0.2, 0.25) is 0 Å². The Kier molecular flexibility index (Phi) is 6.73. The molecule has 110 valence electrons. The monoisotopic (exact) mass is 277 g/mol. The van der Waals surface area contributed by atoms with Crippen LogP contribution in [0.5, 0.6) is 0 Å². The highest BCUT2D eigenvalue weighted by Crippen LogP contribution is 2.04. The molecule has 0 aliphatic carbocycles. The Bertz CT molecular complexity index is 458. The summed E-state index contributed by atoms with van der Waals surface area (Å²) in [7, 11) is 0. The van der Waals surface area contributed by atoms with Crippen LogP contribution in [0.3, 0.4) is 0 Å². The van der Waals surface area contributed by atoms with Gasteiger partial charge in [0.25, 0.3) is 0 Å². The number of carbonyl (C=O) groups excluding carboxylic acids is 2. The van der Waals surface area contributed by atoms with Crippen LogP contribution in [0, 0.1) is 5.92 Å². The summed E-state index contributed by atoms with van der Waals surface area (Å²) in [5.41, 5.74) is 7.48. The molecule has 0 saturated heterocycles. The molecule has 0 spiro atoms. The van der Waals surface area contributed by atoms with Gasteiger partial charge in [0.05, 0.1) is 0 Å². The highest BCUT2D eigenvalue weighted by molar-refractivity contribution is 6.35. The molecule has 1 rings (SSSR count). The smallest absolute Gasteiger partial charge is 0.309 e. The Labute approximate surface area is 119 Å². The number of nitrogens with one attached hydrogen (secondary N) is 2. The lowest BCUT2D eigenvalue weighted by Gasteiger charge is -2.08. The summed E-state index contributed by atoms with van der Waals surface area (Å²) in [6.07, 6.45) is 0.859. The molecule has 0 atom stereocenters. The van der Waals surface area contributed by atoms with E-state index >= 15 is 0 Å². The van der Waals surface area contributed by atoms with Crippen molar-refractivity contribution >= 4 is 11.8 Å².